The van der Waals surface area contributed by atoms with Crippen LogP contribution < -0.4 is 5.73 Å². The first-order valence-corrected chi connectivity index (χ1v) is 22.6. The zero-order valence-electron chi connectivity index (χ0n) is 34.2. The van der Waals surface area contributed by atoms with Gasteiger partial charge in [0.15, 0.2) is 0 Å². The third-order valence-corrected chi connectivity index (χ3v) is 9.29. The molecule has 2 atom stereocenters. The van der Waals surface area contributed by atoms with Crippen molar-refractivity contribution < 1.29 is 32.8 Å². The van der Waals surface area contributed by atoms with E-state index >= 15 is 0 Å². The second-order valence-corrected chi connectivity index (χ2v) is 14.9. The average molecular weight is 776 g/mol. The van der Waals surface area contributed by atoms with Crippen LogP contribution in [0.4, 0.5) is 0 Å². The van der Waals surface area contributed by atoms with E-state index < -0.39 is 13.9 Å². The number of carbonyl (C=O) groups is 1. The van der Waals surface area contributed by atoms with Crippen LogP contribution in [0.5, 0.6) is 0 Å². The number of phosphoric ester groups is 1. The molecular formula is C45H78NO7P. The lowest BCUT2D eigenvalue weighted by Crippen LogP contribution is -2.28. The number of rotatable bonds is 39. The Morgan fingerprint density at radius 2 is 0.981 bits per heavy atom. The van der Waals surface area contributed by atoms with Gasteiger partial charge in [-0.05, 0) is 83.5 Å². The fraction of sp³-hybridized carbons (Fsp3) is 0.667. The summed E-state index contributed by atoms with van der Waals surface area (Å²) in [6.45, 7) is 4.62. The van der Waals surface area contributed by atoms with Gasteiger partial charge in [-0.25, -0.2) is 4.57 Å². The Morgan fingerprint density at radius 3 is 1.46 bits per heavy atom. The highest BCUT2D eigenvalue weighted by molar-refractivity contribution is 7.47. The van der Waals surface area contributed by atoms with E-state index in [1.165, 1.54) is 32.1 Å². The van der Waals surface area contributed by atoms with Crippen molar-refractivity contribution in [3.05, 3.63) is 85.1 Å². The monoisotopic (exact) mass is 776 g/mol. The van der Waals surface area contributed by atoms with E-state index in [0.717, 1.165) is 103 Å². The van der Waals surface area contributed by atoms with E-state index in [4.69, 9.17) is 24.3 Å². The van der Waals surface area contributed by atoms with Crippen LogP contribution in [0.3, 0.4) is 0 Å². The molecule has 2 unspecified atom stereocenters. The fourth-order valence-electron chi connectivity index (χ4n) is 5.29. The van der Waals surface area contributed by atoms with Crippen molar-refractivity contribution in [3.63, 3.8) is 0 Å². The van der Waals surface area contributed by atoms with Gasteiger partial charge in [0.1, 0.15) is 6.10 Å². The van der Waals surface area contributed by atoms with Crippen molar-refractivity contribution >= 4 is 13.8 Å². The van der Waals surface area contributed by atoms with Gasteiger partial charge in [0.25, 0.3) is 0 Å². The van der Waals surface area contributed by atoms with E-state index in [1.54, 1.807) is 0 Å². The maximum atomic E-state index is 12.6. The third-order valence-electron chi connectivity index (χ3n) is 8.31. The summed E-state index contributed by atoms with van der Waals surface area (Å²) < 4.78 is 33.4. The second kappa shape index (κ2) is 41.8. The highest BCUT2D eigenvalue weighted by Crippen LogP contribution is 2.43. The number of unbranched alkanes of at least 4 members (excludes halogenated alkanes) is 12. The van der Waals surface area contributed by atoms with E-state index in [0.29, 0.717) is 13.0 Å². The predicted molar refractivity (Wildman–Crippen MR) is 228 cm³/mol. The third kappa shape index (κ3) is 40.9. The van der Waals surface area contributed by atoms with Crippen molar-refractivity contribution in [1.29, 1.82) is 0 Å². The highest BCUT2D eigenvalue weighted by Gasteiger charge is 2.25. The summed E-state index contributed by atoms with van der Waals surface area (Å²) in [5.74, 6) is -0.353. The average Bonchev–Trinajstić information content (AvgIpc) is 3.16. The number of carbonyl (C=O) groups excluding carboxylic acids is 1. The summed E-state index contributed by atoms with van der Waals surface area (Å²) >= 11 is 0. The molecular weight excluding hydrogens is 697 g/mol. The van der Waals surface area contributed by atoms with Gasteiger partial charge in [0, 0.05) is 19.6 Å². The molecule has 0 heterocycles. The van der Waals surface area contributed by atoms with Gasteiger partial charge in [0.2, 0.25) is 0 Å². The van der Waals surface area contributed by atoms with Gasteiger partial charge in [-0.15, -0.1) is 0 Å². The second-order valence-electron chi connectivity index (χ2n) is 13.4. The molecule has 0 aliphatic heterocycles. The standard InChI is InChI=1S/C45H78NO7P/c1-3-5-7-9-11-13-15-17-19-21-22-23-24-26-28-30-32-34-36-38-45(47)53-44(43-52-54(48,49)51-41-39-46)42-50-40-37-35-33-31-29-27-25-20-18-16-14-12-10-8-6-4-2/h5-8,11-14,17-20,22-23,44H,3-4,9-10,15-16,21,24-43,46H2,1-2H3,(H,48,49)/b7-5-,8-6-,13-11-,14-12-,19-17-,20-18-,23-22-. The lowest BCUT2D eigenvalue weighted by atomic mass is 10.1. The molecule has 0 amide bonds. The zero-order chi connectivity index (χ0) is 39.5. The Hall–Kier alpha value is -2.32. The van der Waals surface area contributed by atoms with Crippen molar-refractivity contribution in [2.45, 2.75) is 161 Å². The molecule has 0 aliphatic carbocycles. The Kier molecular flexibility index (Phi) is 40.0. The van der Waals surface area contributed by atoms with Crippen molar-refractivity contribution in [1.82, 2.24) is 0 Å². The summed E-state index contributed by atoms with van der Waals surface area (Å²) in [6.07, 6.45) is 53.1. The van der Waals surface area contributed by atoms with E-state index in [1.807, 2.05) is 0 Å². The largest absolute Gasteiger partial charge is 0.472 e. The number of phosphoric acid groups is 1. The number of nitrogens with two attached hydrogens (primary N) is 1. The van der Waals surface area contributed by atoms with Gasteiger partial charge in [-0.3, -0.25) is 13.8 Å². The van der Waals surface area contributed by atoms with Gasteiger partial charge in [0.05, 0.1) is 19.8 Å². The molecule has 310 valence electrons. The summed E-state index contributed by atoms with van der Waals surface area (Å²) in [4.78, 5) is 22.5. The van der Waals surface area contributed by atoms with Crippen LogP contribution in [-0.2, 0) is 27.9 Å². The van der Waals surface area contributed by atoms with E-state index in [9.17, 15) is 14.3 Å². The van der Waals surface area contributed by atoms with Crippen molar-refractivity contribution in [3.8, 4) is 0 Å². The first-order valence-electron chi connectivity index (χ1n) is 21.1. The van der Waals surface area contributed by atoms with Gasteiger partial charge < -0.3 is 20.1 Å². The van der Waals surface area contributed by atoms with Crippen LogP contribution in [-0.4, -0.2) is 49.9 Å². The molecule has 0 aromatic carbocycles. The molecule has 0 aromatic rings. The lowest BCUT2D eigenvalue weighted by Gasteiger charge is -2.20. The number of allylic oxidation sites excluding steroid dienone is 14. The van der Waals surface area contributed by atoms with Gasteiger partial charge in [-0.1, -0.05) is 150 Å². The molecule has 0 fully saturated rings. The summed E-state index contributed by atoms with van der Waals surface area (Å²) in [5.41, 5.74) is 5.36. The zero-order valence-corrected chi connectivity index (χ0v) is 35.1. The summed E-state index contributed by atoms with van der Waals surface area (Å²) in [7, 11) is -4.29. The van der Waals surface area contributed by atoms with Gasteiger partial charge in [-0.2, -0.15) is 0 Å². The topological polar surface area (TPSA) is 117 Å². The quantitative estimate of drug-likeness (QED) is 0.0274. The molecule has 54 heavy (non-hydrogen) atoms. The van der Waals surface area contributed by atoms with Crippen LogP contribution in [0.2, 0.25) is 0 Å². The maximum Gasteiger partial charge on any atom is 0.472 e. The fourth-order valence-corrected chi connectivity index (χ4v) is 6.06. The first kappa shape index (κ1) is 51.7. The molecule has 0 aliphatic rings. The normalized spacial score (nSPS) is 14.4. The number of esters is 1. The molecule has 0 saturated heterocycles. The minimum absolute atomic E-state index is 0.0905. The Bertz CT molecular complexity index is 1100. The predicted octanol–water partition coefficient (Wildman–Crippen LogP) is 12.5. The van der Waals surface area contributed by atoms with Crippen LogP contribution in [0, 0.1) is 0 Å². The molecule has 0 rings (SSSR count). The summed E-state index contributed by atoms with van der Waals surface area (Å²) in [6, 6.07) is 0. The molecule has 0 radical (unpaired) electrons. The number of hydrogen-bond donors (Lipinski definition) is 2. The molecule has 9 heteroatoms. The van der Waals surface area contributed by atoms with Crippen LogP contribution in [0.15, 0.2) is 85.1 Å². The molecule has 8 nitrogen and oxygen atoms in total. The molecule has 3 N–H and O–H groups in total. The maximum absolute atomic E-state index is 12.6. The summed E-state index contributed by atoms with van der Waals surface area (Å²) in [5, 5.41) is 0. The minimum atomic E-state index is -4.29. The Labute approximate surface area is 330 Å². The number of ether oxygens (including phenoxy) is 2. The Morgan fingerprint density at radius 1 is 0.556 bits per heavy atom. The molecule has 0 spiro atoms. The van der Waals surface area contributed by atoms with Crippen molar-refractivity contribution in [2.24, 2.45) is 5.73 Å². The molecule has 0 aromatic heterocycles. The minimum Gasteiger partial charge on any atom is -0.457 e. The van der Waals surface area contributed by atoms with Crippen LogP contribution in [0.25, 0.3) is 0 Å². The van der Waals surface area contributed by atoms with E-state index in [2.05, 4.69) is 98.9 Å². The smallest absolute Gasteiger partial charge is 0.457 e. The van der Waals surface area contributed by atoms with Crippen molar-refractivity contribution in [2.75, 3.05) is 33.0 Å². The number of hydrogen-bond acceptors (Lipinski definition) is 7. The van der Waals surface area contributed by atoms with E-state index in [-0.39, 0.29) is 32.3 Å². The first-order chi connectivity index (χ1) is 26.4. The van der Waals surface area contributed by atoms with Crippen LogP contribution >= 0.6 is 7.82 Å². The molecule has 0 bridgehead atoms. The van der Waals surface area contributed by atoms with Crippen LogP contribution in [0.1, 0.15) is 155 Å². The SMILES string of the molecule is CC/C=C\C/C=C\C/C=C\C/C=C\CCCCCCCCC(=O)OC(COCCCCCCCC/C=C\C/C=C\C/C=C\CC)COP(=O)(O)OCCN. The van der Waals surface area contributed by atoms with Gasteiger partial charge >= 0.3 is 13.8 Å². The highest BCUT2D eigenvalue weighted by atomic mass is 31.2. The molecule has 0 saturated carbocycles. The lowest BCUT2D eigenvalue weighted by molar-refractivity contribution is -0.154. The Balaban J connectivity index is 4.12.